The molecule has 3 aromatic carbocycles. The zero-order chi connectivity index (χ0) is 20.2. The average molecular weight is 388 g/mol. The van der Waals surface area contributed by atoms with Crippen LogP contribution < -0.4 is 5.32 Å². The number of benzene rings is 3. The smallest absolute Gasteiger partial charge is 0.247 e. The number of nitrogens with zero attached hydrogens (tertiary/aromatic N) is 1. The summed E-state index contributed by atoms with van der Waals surface area (Å²) in [4.78, 5) is 27.1. The van der Waals surface area contributed by atoms with Gasteiger partial charge in [0.05, 0.1) is 13.0 Å². The fourth-order valence-corrected chi connectivity index (χ4v) is 3.87. The Bertz CT molecular complexity index is 1050. The van der Waals surface area contributed by atoms with Crippen molar-refractivity contribution in [1.82, 2.24) is 10.2 Å². The van der Waals surface area contributed by atoms with Crippen LogP contribution in [0.5, 0.6) is 0 Å². The molecule has 0 radical (unpaired) electrons. The second-order valence-electron chi connectivity index (χ2n) is 7.44. The Morgan fingerprint density at radius 2 is 1.69 bits per heavy atom. The highest BCUT2D eigenvalue weighted by atomic mass is 16.3. The Labute approximate surface area is 170 Å². The summed E-state index contributed by atoms with van der Waals surface area (Å²) >= 11 is 0. The largest absolute Gasteiger partial charge is 0.394 e. The fraction of sp³-hybridized carbons (Fsp3) is 0.250. The average Bonchev–Trinajstić information content (AvgIpc) is 2.76. The zero-order valence-corrected chi connectivity index (χ0v) is 16.2. The van der Waals surface area contributed by atoms with Crippen molar-refractivity contribution in [2.45, 2.75) is 25.4 Å². The first-order valence-corrected chi connectivity index (χ1v) is 9.87. The van der Waals surface area contributed by atoms with Crippen LogP contribution in [-0.4, -0.2) is 41.0 Å². The number of hydrogen-bond donors (Lipinski definition) is 2. The van der Waals surface area contributed by atoms with Crippen LogP contribution in [0.15, 0.2) is 66.7 Å². The van der Waals surface area contributed by atoms with Gasteiger partial charge >= 0.3 is 0 Å². The van der Waals surface area contributed by atoms with E-state index in [9.17, 15) is 14.7 Å². The van der Waals surface area contributed by atoms with Crippen LogP contribution in [-0.2, 0) is 29.0 Å². The minimum absolute atomic E-state index is 0.164. The molecule has 0 bridgehead atoms. The van der Waals surface area contributed by atoms with Gasteiger partial charge < -0.3 is 15.3 Å². The van der Waals surface area contributed by atoms with Gasteiger partial charge in [0.1, 0.15) is 6.04 Å². The van der Waals surface area contributed by atoms with E-state index in [4.69, 9.17) is 0 Å². The molecule has 29 heavy (non-hydrogen) atoms. The number of aliphatic hydroxyl groups is 1. The highest BCUT2D eigenvalue weighted by Gasteiger charge is 2.28. The Balaban J connectivity index is 1.40. The third-order valence-electron chi connectivity index (χ3n) is 5.44. The number of nitrogens with one attached hydrogen (secondary N) is 1. The molecular formula is C24H24N2O3. The first-order chi connectivity index (χ1) is 14.1. The predicted octanol–water partition coefficient (Wildman–Crippen LogP) is 2.44. The number of amides is 2. The number of carbonyl (C=O) groups is 2. The quantitative estimate of drug-likeness (QED) is 0.705. The number of fused-ring (bicyclic) bond motifs is 2. The Morgan fingerprint density at radius 1 is 0.966 bits per heavy atom. The molecule has 148 valence electrons. The molecule has 0 saturated heterocycles. The molecule has 4 rings (SSSR count). The van der Waals surface area contributed by atoms with E-state index in [2.05, 4.69) is 11.4 Å². The van der Waals surface area contributed by atoms with Gasteiger partial charge in [-0.1, -0.05) is 66.7 Å². The molecule has 2 N–H and O–H groups in total. The molecule has 0 saturated carbocycles. The highest BCUT2D eigenvalue weighted by molar-refractivity contribution is 5.89. The van der Waals surface area contributed by atoms with Crippen LogP contribution in [0, 0.1) is 0 Å². The lowest BCUT2D eigenvalue weighted by Crippen LogP contribution is -2.51. The summed E-state index contributed by atoms with van der Waals surface area (Å²) in [5.41, 5.74) is 3.24. The van der Waals surface area contributed by atoms with Gasteiger partial charge in [-0.3, -0.25) is 9.59 Å². The summed E-state index contributed by atoms with van der Waals surface area (Å²) in [7, 11) is 0. The standard InChI is InChI=1S/C24H24N2O3/c27-16-22(24(29)26-12-11-19-6-2-4-8-21(19)15-26)25-23(28)14-17-9-10-18-5-1-3-7-20(18)13-17/h1-10,13,22,27H,11-12,14-16H2,(H,25,28). The van der Waals surface area contributed by atoms with Gasteiger partial charge in [0.25, 0.3) is 0 Å². The van der Waals surface area contributed by atoms with Gasteiger partial charge in [0, 0.05) is 13.1 Å². The minimum atomic E-state index is -0.923. The molecule has 1 aliphatic rings. The van der Waals surface area contributed by atoms with Crippen molar-refractivity contribution in [2.75, 3.05) is 13.2 Å². The molecule has 1 aliphatic heterocycles. The molecule has 0 fully saturated rings. The molecule has 1 unspecified atom stereocenters. The third-order valence-corrected chi connectivity index (χ3v) is 5.44. The van der Waals surface area contributed by atoms with Gasteiger partial charge in [-0.2, -0.15) is 0 Å². The third kappa shape index (κ3) is 4.30. The van der Waals surface area contributed by atoms with Crippen molar-refractivity contribution in [2.24, 2.45) is 0 Å². The molecule has 1 atom stereocenters. The summed E-state index contributed by atoms with van der Waals surface area (Å²) in [5, 5.41) is 14.6. The minimum Gasteiger partial charge on any atom is -0.394 e. The SMILES string of the molecule is O=C(Cc1ccc2ccccc2c1)NC(CO)C(=O)N1CCc2ccccc2C1. The van der Waals surface area contributed by atoms with Crippen molar-refractivity contribution in [3.63, 3.8) is 0 Å². The normalized spacial score (nSPS) is 14.3. The molecule has 0 aromatic heterocycles. The Hall–Kier alpha value is -3.18. The van der Waals surface area contributed by atoms with Crippen molar-refractivity contribution in [3.8, 4) is 0 Å². The van der Waals surface area contributed by atoms with Crippen LogP contribution in [0.3, 0.4) is 0 Å². The van der Waals surface area contributed by atoms with Crippen LogP contribution in [0.1, 0.15) is 16.7 Å². The van der Waals surface area contributed by atoms with Crippen molar-refractivity contribution < 1.29 is 14.7 Å². The van der Waals surface area contributed by atoms with Gasteiger partial charge in [0.2, 0.25) is 11.8 Å². The summed E-state index contributed by atoms with van der Waals surface area (Å²) in [6.45, 7) is 0.680. The fourth-order valence-electron chi connectivity index (χ4n) is 3.87. The first kappa shape index (κ1) is 19.2. The molecule has 5 heteroatoms. The summed E-state index contributed by atoms with van der Waals surface area (Å²) in [5.74, 6) is -0.515. The first-order valence-electron chi connectivity index (χ1n) is 9.87. The maximum Gasteiger partial charge on any atom is 0.247 e. The number of rotatable bonds is 5. The van der Waals surface area contributed by atoms with Gasteiger partial charge in [-0.25, -0.2) is 0 Å². The van der Waals surface area contributed by atoms with E-state index < -0.39 is 12.6 Å². The molecule has 1 heterocycles. The molecule has 0 spiro atoms. The maximum absolute atomic E-state index is 12.9. The number of aliphatic hydroxyl groups excluding tert-OH is 1. The molecule has 3 aromatic rings. The number of hydrogen-bond acceptors (Lipinski definition) is 3. The Kier molecular flexibility index (Phi) is 5.58. The second kappa shape index (κ2) is 8.45. The topological polar surface area (TPSA) is 69.6 Å². The van der Waals surface area contributed by atoms with E-state index in [-0.39, 0.29) is 18.2 Å². The van der Waals surface area contributed by atoms with Crippen molar-refractivity contribution >= 4 is 22.6 Å². The maximum atomic E-state index is 12.9. The highest BCUT2D eigenvalue weighted by Crippen LogP contribution is 2.19. The van der Waals surface area contributed by atoms with Crippen LogP contribution in [0.2, 0.25) is 0 Å². The van der Waals surface area contributed by atoms with Crippen LogP contribution in [0.4, 0.5) is 0 Å². The van der Waals surface area contributed by atoms with E-state index in [1.165, 1.54) is 5.56 Å². The van der Waals surface area contributed by atoms with Gasteiger partial charge in [-0.05, 0) is 33.9 Å². The predicted molar refractivity (Wildman–Crippen MR) is 112 cm³/mol. The number of carbonyl (C=O) groups excluding carboxylic acids is 2. The van der Waals surface area contributed by atoms with Crippen molar-refractivity contribution in [1.29, 1.82) is 0 Å². The monoisotopic (exact) mass is 388 g/mol. The molecule has 2 amide bonds. The lowest BCUT2D eigenvalue weighted by atomic mass is 9.99. The molecule has 0 aliphatic carbocycles. The zero-order valence-electron chi connectivity index (χ0n) is 16.2. The van der Waals surface area contributed by atoms with E-state index in [0.29, 0.717) is 13.1 Å². The van der Waals surface area contributed by atoms with Gasteiger partial charge in [0.15, 0.2) is 0 Å². The van der Waals surface area contributed by atoms with Crippen molar-refractivity contribution in [3.05, 3.63) is 83.4 Å². The summed E-state index contributed by atoms with van der Waals surface area (Å²) in [6.07, 6.45) is 0.947. The lowest BCUT2D eigenvalue weighted by Gasteiger charge is -2.31. The molecular weight excluding hydrogens is 364 g/mol. The summed E-state index contributed by atoms with van der Waals surface area (Å²) in [6, 6.07) is 21.0. The van der Waals surface area contributed by atoms with E-state index >= 15 is 0 Å². The van der Waals surface area contributed by atoms with E-state index in [0.717, 1.165) is 28.3 Å². The van der Waals surface area contributed by atoms with Gasteiger partial charge in [-0.15, -0.1) is 0 Å². The second-order valence-corrected chi connectivity index (χ2v) is 7.44. The van der Waals surface area contributed by atoms with Crippen LogP contribution >= 0.6 is 0 Å². The molecule has 5 nitrogen and oxygen atoms in total. The lowest BCUT2D eigenvalue weighted by molar-refractivity contribution is -0.138. The van der Waals surface area contributed by atoms with Crippen LogP contribution in [0.25, 0.3) is 10.8 Å². The van der Waals surface area contributed by atoms with E-state index in [1.807, 2.05) is 60.7 Å². The Morgan fingerprint density at radius 3 is 2.48 bits per heavy atom. The van der Waals surface area contributed by atoms with E-state index in [1.54, 1.807) is 4.90 Å². The summed E-state index contributed by atoms with van der Waals surface area (Å²) < 4.78 is 0.